The van der Waals surface area contributed by atoms with Crippen molar-refractivity contribution in [3.63, 3.8) is 0 Å². The van der Waals surface area contributed by atoms with Crippen molar-refractivity contribution in [1.29, 1.82) is 0 Å². The third kappa shape index (κ3) is 4.63. The Kier molecular flexibility index (Phi) is 6.76. The number of allylic oxidation sites excluding steroid dienone is 1. The normalized spacial score (nSPS) is 25.1. The second-order valence-electron chi connectivity index (χ2n) is 10.9. The molecule has 2 atom stereocenters. The molecule has 1 aliphatic carbocycles. The van der Waals surface area contributed by atoms with Crippen molar-refractivity contribution in [2.45, 2.75) is 90.4 Å². The third-order valence-electron chi connectivity index (χ3n) is 7.16. The van der Waals surface area contributed by atoms with Gasteiger partial charge in [0.05, 0.1) is 5.54 Å². The first-order valence-electron chi connectivity index (χ1n) is 12.3. The van der Waals surface area contributed by atoms with Crippen molar-refractivity contribution < 1.29 is 14.2 Å². The van der Waals surface area contributed by atoms with Crippen molar-refractivity contribution in [3.8, 4) is 0 Å². The standard InChI is InChI=1S/C26H38N3O3Si/c1-26(2,3)29(31)23(15-18-11-7-6-8-12-18)24(32-33(4)5)28-22(25(29)30)16-19-17-27-21-14-10-9-13-20(19)21/h9-10,13-14,17-18,23,27,30H,6-8,11-12,15-16H2,1-5H3. The quantitative estimate of drug-likeness (QED) is 0.296. The van der Waals surface area contributed by atoms with E-state index in [1.54, 1.807) is 0 Å². The van der Waals surface area contributed by atoms with E-state index < -0.39 is 25.3 Å². The Morgan fingerprint density at radius 2 is 1.88 bits per heavy atom. The van der Waals surface area contributed by atoms with Crippen LogP contribution in [0.3, 0.4) is 0 Å². The summed E-state index contributed by atoms with van der Waals surface area (Å²) in [6.07, 6.45) is 9.00. The summed E-state index contributed by atoms with van der Waals surface area (Å²) in [6, 6.07) is 7.55. The fourth-order valence-electron chi connectivity index (χ4n) is 5.40. The second kappa shape index (κ2) is 9.28. The van der Waals surface area contributed by atoms with E-state index in [2.05, 4.69) is 24.1 Å². The second-order valence-corrected chi connectivity index (χ2v) is 12.9. The van der Waals surface area contributed by atoms with Crippen molar-refractivity contribution in [2.24, 2.45) is 10.9 Å². The van der Waals surface area contributed by atoms with Crippen LogP contribution in [0.4, 0.5) is 0 Å². The molecule has 0 amide bonds. The number of aromatic nitrogens is 1. The zero-order valence-corrected chi connectivity index (χ0v) is 21.6. The number of fused-ring (bicyclic) bond motifs is 1. The van der Waals surface area contributed by atoms with Gasteiger partial charge in [-0.05, 0) is 51.4 Å². The molecule has 2 heterocycles. The molecular weight excluding hydrogens is 430 g/mol. The zero-order valence-electron chi connectivity index (χ0n) is 20.6. The number of nitrogens with zero attached hydrogens (tertiary/aromatic N) is 2. The topological polar surface area (TPSA) is 80.7 Å². The van der Waals surface area contributed by atoms with Crippen LogP contribution < -0.4 is 0 Å². The van der Waals surface area contributed by atoms with E-state index in [1.165, 1.54) is 19.3 Å². The third-order valence-corrected chi connectivity index (χ3v) is 7.78. The average Bonchev–Trinajstić information content (AvgIpc) is 3.17. The summed E-state index contributed by atoms with van der Waals surface area (Å²) in [5, 5.41) is 27.3. The number of aliphatic hydroxyl groups is 1. The average molecular weight is 469 g/mol. The minimum atomic E-state index is -1.13. The van der Waals surface area contributed by atoms with Gasteiger partial charge >= 0.3 is 5.88 Å². The Balaban J connectivity index is 1.77. The van der Waals surface area contributed by atoms with E-state index in [0.717, 1.165) is 29.3 Å². The lowest BCUT2D eigenvalue weighted by atomic mass is 9.83. The predicted octanol–water partition coefficient (Wildman–Crippen LogP) is 6.57. The molecule has 0 bridgehead atoms. The molecule has 2 aliphatic rings. The monoisotopic (exact) mass is 468 g/mol. The highest BCUT2D eigenvalue weighted by Gasteiger charge is 2.51. The Morgan fingerprint density at radius 1 is 1.18 bits per heavy atom. The molecule has 0 saturated heterocycles. The Labute approximate surface area is 199 Å². The highest BCUT2D eigenvalue weighted by molar-refractivity contribution is 6.50. The van der Waals surface area contributed by atoms with Crippen LogP contribution in [-0.2, 0) is 10.8 Å². The fraction of sp³-hybridized carbons (Fsp3) is 0.577. The summed E-state index contributed by atoms with van der Waals surface area (Å²) in [6.45, 7) is 9.89. The van der Waals surface area contributed by atoms with Gasteiger partial charge in [0.1, 0.15) is 5.70 Å². The van der Waals surface area contributed by atoms with Gasteiger partial charge in [-0.3, -0.25) is 4.65 Å². The van der Waals surface area contributed by atoms with E-state index in [0.29, 0.717) is 30.4 Å². The Hall–Kier alpha value is -2.09. The molecule has 1 aromatic carbocycles. The minimum Gasteiger partial charge on any atom is -0.624 e. The van der Waals surface area contributed by atoms with Gasteiger partial charge in [0.2, 0.25) is 5.90 Å². The number of aliphatic imine (C=N–C) groups is 1. The van der Waals surface area contributed by atoms with Crippen LogP contribution in [0.15, 0.2) is 47.0 Å². The van der Waals surface area contributed by atoms with Crippen molar-refractivity contribution in [2.75, 3.05) is 0 Å². The maximum atomic E-state index is 14.7. The summed E-state index contributed by atoms with van der Waals surface area (Å²) < 4.78 is 5.49. The molecule has 1 aliphatic heterocycles. The number of hydroxylamine groups is 3. The van der Waals surface area contributed by atoms with Crippen LogP contribution in [0.2, 0.25) is 13.1 Å². The number of aliphatic hydroxyl groups excluding tert-OH is 1. The van der Waals surface area contributed by atoms with Crippen molar-refractivity contribution >= 4 is 25.8 Å². The van der Waals surface area contributed by atoms with Gasteiger partial charge in [-0.2, -0.15) is 0 Å². The van der Waals surface area contributed by atoms with E-state index in [9.17, 15) is 10.3 Å². The van der Waals surface area contributed by atoms with Crippen LogP contribution >= 0.6 is 0 Å². The molecule has 1 saturated carbocycles. The van der Waals surface area contributed by atoms with Gasteiger partial charge in [-0.15, -0.1) is 0 Å². The van der Waals surface area contributed by atoms with Gasteiger partial charge in [-0.1, -0.05) is 50.3 Å². The smallest absolute Gasteiger partial charge is 0.312 e. The number of hydrogen-bond acceptors (Lipinski definition) is 4. The first-order valence-corrected chi connectivity index (χ1v) is 14.7. The lowest BCUT2D eigenvalue weighted by Gasteiger charge is -2.57. The van der Waals surface area contributed by atoms with Crippen LogP contribution in [0.25, 0.3) is 10.9 Å². The molecule has 1 radical (unpaired) electrons. The number of hydrogen-bond donors (Lipinski definition) is 2. The molecule has 7 heteroatoms. The van der Waals surface area contributed by atoms with E-state index in [1.807, 2.05) is 45.2 Å². The summed E-state index contributed by atoms with van der Waals surface area (Å²) in [5.41, 5.74) is 1.71. The van der Waals surface area contributed by atoms with Gasteiger partial charge in [0.25, 0.3) is 9.04 Å². The molecule has 2 N–H and O–H groups in total. The summed E-state index contributed by atoms with van der Waals surface area (Å²) >= 11 is 0. The minimum absolute atomic E-state index is 0.165. The summed E-state index contributed by atoms with van der Waals surface area (Å²) in [4.78, 5) is 8.15. The lowest BCUT2D eigenvalue weighted by Crippen LogP contribution is -2.65. The van der Waals surface area contributed by atoms with E-state index >= 15 is 0 Å². The highest BCUT2D eigenvalue weighted by atomic mass is 28.3. The summed E-state index contributed by atoms with van der Waals surface area (Å²) in [5.74, 6) is 0.831. The van der Waals surface area contributed by atoms with Gasteiger partial charge in [0, 0.05) is 29.9 Å². The zero-order chi connectivity index (χ0) is 23.8. The molecule has 1 aromatic heterocycles. The molecule has 4 rings (SSSR count). The number of aromatic amines is 1. The van der Waals surface area contributed by atoms with Crippen molar-refractivity contribution in [1.82, 2.24) is 4.98 Å². The Morgan fingerprint density at radius 3 is 2.55 bits per heavy atom. The maximum Gasteiger partial charge on any atom is 0.312 e. The first kappa shape index (κ1) is 24.0. The number of para-hydroxylation sites is 1. The van der Waals surface area contributed by atoms with Crippen LogP contribution in [0.5, 0.6) is 0 Å². The molecule has 179 valence electrons. The lowest BCUT2D eigenvalue weighted by molar-refractivity contribution is -0.920. The van der Waals surface area contributed by atoms with Crippen LogP contribution in [0.1, 0.15) is 64.9 Å². The summed E-state index contributed by atoms with van der Waals surface area (Å²) in [7, 11) is -1.13. The molecule has 2 unspecified atom stereocenters. The molecule has 0 spiro atoms. The molecular formula is C26H38N3O3Si. The molecule has 2 aromatic rings. The largest absolute Gasteiger partial charge is 0.624 e. The Bertz CT molecular complexity index is 1050. The van der Waals surface area contributed by atoms with Crippen LogP contribution in [0, 0.1) is 11.1 Å². The molecule has 1 fully saturated rings. The fourth-order valence-corrected chi connectivity index (χ4v) is 6.00. The van der Waals surface area contributed by atoms with Crippen molar-refractivity contribution in [3.05, 3.63) is 52.8 Å². The first-order chi connectivity index (χ1) is 15.6. The van der Waals surface area contributed by atoms with E-state index in [4.69, 9.17) is 9.42 Å². The number of quaternary nitrogens is 1. The molecule has 33 heavy (non-hydrogen) atoms. The number of rotatable bonds is 5. The highest BCUT2D eigenvalue weighted by Crippen LogP contribution is 2.42. The number of nitrogens with one attached hydrogen (secondary N) is 1. The maximum absolute atomic E-state index is 14.7. The van der Waals surface area contributed by atoms with Gasteiger partial charge < -0.3 is 19.7 Å². The van der Waals surface area contributed by atoms with Gasteiger partial charge in [-0.25, -0.2) is 4.99 Å². The van der Waals surface area contributed by atoms with Gasteiger partial charge in [0.15, 0.2) is 6.04 Å². The molecule has 6 nitrogen and oxygen atoms in total. The van der Waals surface area contributed by atoms with E-state index in [-0.39, 0.29) is 5.88 Å². The number of benzene rings is 1. The number of H-pyrrole nitrogens is 1. The SMILES string of the molecule is C[Si](C)OC1=NC(Cc2c[nH]c3ccccc23)=C(O)[N+]([O-])(C(C)(C)C)C1CC1CCCCC1. The van der Waals surface area contributed by atoms with Crippen LogP contribution in [-0.4, -0.2) is 41.3 Å². The predicted molar refractivity (Wildman–Crippen MR) is 136 cm³/mol.